The second kappa shape index (κ2) is 10.6. The van der Waals surface area contributed by atoms with Gasteiger partial charge in [0.2, 0.25) is 15.9 Å². The monoisotopic (exact) mass is 494 g/mol. The molecule has 1 N–H and O–H groups in total. The molecule has 0 spiro atoms. The number of anilines is 1. The summed E-state index contributed by atoms with van der Waals surface area (Å²) < 4.78 is 35.1. The largest absolute Gasteiger partial charge is 0.379 e. The molecule has 33 heavy (non-hydrogen) atoms. The van der Waals surface area contributed by atoms with Crippen molar-refractivity contribution in [3.05, 3.63) is 35.2 Å². The molecule has 1 aromatic carbocycles. The van der Waals surface area contributed by atoms with Crippen molar-refractivity contribution in [2.45, 2.75) is 63.4 Å². The van der Waals surface area contributed by atoms with Gasteiger partial charge >= 0.3 is 0 Å². The number of benzene rings is 1. The summed E-state index contributed by atoms with van der Waals surface area (Å²) in [6, 6.07) is 5.00. The lowest BCUT2D eigenvalue weighted by Crippen LogP contribution is -2.40. The highest BCUT2D eigenvalue weighted by molar-refractivity contribution is 8.00. The fourth-order valence-electron chi connectivity index (χ4n) is 3.63. The first-order valence-electron chi connectivity index (χ1n) is 11.2. The smallest absolute Gasteiger partial charge is 0.243 e. The van der Waals surface area contributed by atoms with Gasteiger partial charge in [-0.15, -0.1) is 0 Å². The summed E-state index contributed by atoms with van der Waals surface area (Å²) in [4.78, 5) is 17.8. The van der Waals surface area contributed by atoms with E-state index in [1.807, 2.05) is 20.8 Å². The Bertz CT molecular complexity index is 1110. The van der Waals surface area contributed by atoms with Crippen molar-refractivity contribution in [3.63, 3.8) is 0 Å². The maximum atomic E-state index is 13.1. The van der Waals surface area contributed by atoms with Crippen LogP contribution in [0.25, 0.3) is 0 Å². The minimum absolute atomic E-state index is 0.201. The number of hydrogen-bond donors (Lipinski definition) is 1. The van der Waals surface area contributed by atoms with Crippen LogP contribution in [-0.2, 0) is 26.1 Å². The maximum absolute atomic E-state index is 13.1. The Morgan fingerprint density at radius 2 is 1.85 bits per heavy atom. The van der Waals surface area contributed by atoms with Crippen molar-refractivity contribution in [1.82, 2.24) is 13.9 Å². The van der Waals surface area contributed by atoms with E-state index in [0.29, 0.717) is 43.5 Å². The van der Waals surface area contributed by atoms with Crippen LogP contribution in [-0.4, -0.2) is 59.7 Å². The average Bonchev–Trinajstić information content (AvgIpc) is 3.02. The third kappa shape index (κ3) is 5.98. The van der Waals surface area contributed by atoms with Gasteiger partial charge in [0.15, 0.2) is 5.16 Å². The molecule has 1 amide bonds. The molecular formula is C23H34N4O4S2. The number of carbonyl (C=O) groups excluding carboxylic acids is 1. The molecule has 0 saturated carbocycles. The van der Waals surface area contributed by atoms with E-state index in [0.717, 1.165) is 23.1 Å². The van der Waals surface area contributed by atoms with Crippen LogP contribution >= 0.6 is 11.8 Å². The van der Waals surface area contributed by atoms with Crippen LogP contribution < -0.4 is 5.32 Å². The van der Waals surface area contributed by atoms with E-state index in [-0.39, 0.29) is 10.8 Å². The van der Waals surface area contributed by atoms with Gasteiger partial charge in [0.1, 0.15) is 0 Å². The molecule has 1 fully saturated rings. The number of carbonyl (C=O) groups is 1. The van der Waals surface area contributed by atoms with Crippen LogP contribution in [0.15, 0.2) is 28.3 Å². The second-order valence-electron chi connectivity index (χ2n) is 8.82. The molecule has 182 valence electrons. The molecule has 0 bridgehead atoms. The molecule has 10 heteroatoms. The van der Waals surface area contributed by atoms with E-state index in [2.05, 4.69) is 28.7 Å². The molecule has 1 saturated heterocycles. The second-order valence-corrected chi connectivity index (χ2v) is 12.0. The Labute approximate surface area is 201 Å². The fraction of sp³-hybridized carbons (Fsp3) is 0.565. The lowest BCUT2D eigenvalue weighted by Gasteiger charge is -2.27. The molecule has 8 nitrogen and oxygen atoms in total. The standard InChI is InChI=1S/C23H34N4O4S2/c1-15(2)14-27-18(5)17(4)24-23(27)32-19(6)22(28)25-20-8-7-16(3)21(13-20)33(29,30)26-9-11-31-12-10-26/h7-8,13,15,19H,9-12,14H2,1-6H3,(H,25,28). The lowest BCUT2D eigenvalue weighted by molar-refractivity contribution is -0.115. The number of amides is 1. The first kappa shape index (κ1) is 25.7. The molecule has 1 unspecified atom stereocenters. The van der Waals surface area contributed by atoms with E-state index >= 15 is 0 Å². The molecule has 2 aromatic rings. The number of hydrogen-bond acceptors (Lipinski definition) is 6. The van der Waals surface area contributed by atoms with Crippen molar-refractivity contribution in [1.29, 1.82) is 0 Å². The number of aromatic nitrogens is 2. The fourth-order valence-corrected chi connectivity index (χ4v) is 6.30. The zero-order valence-electron chi connectivity index (χ0n) is 20.2. The number of nitrogens with one attached hydrogen (secondary N) is 1. The molecule has 2 heterocycles. The van der Waals surface area contributed by atoms with Gasteiger partial charge in [-0.25, -0.2) is 13.4 Å². The predicted octanol–water partition coefficient (Wildman–Crippen LogP) is 3.60. The van der Waals surface area contributed by atoms with Gasteiger partial charge in [0.25, 0.3) is 0 Å². The third-order valence-electron chi connectivity index (χ3n) is 5.67. The zero-order chi connectivity index (χ0) is 24.3. The Hall–Kier alpha value is -1.88. The van der Waals surface area contributed by atoms with Crippen molar-refractivity contribution in [2.75, 3.05) is 31.6 Å². The van der Waals surface area contributed by atoms with E-state index in [1.54, 1.807) is 25.1 Å². The molecule has 3 rings (SSSR count). The highest BCUT2D eigenvalue weighted by Gasteiger charge is 2.28. The number of rotatable bonds is 8. The van der Waals surface area contributed by atoms with E-state index in [4.69, 9.17) is 4.74 Å². The first-order chi connectivity index (χ1) is 15.5. The minimum Gasteiger partial charge on any atom is -0.379 e. The number of aryl methyl sites for hydroxylation is 2. The summed E-state index contributed by atoms with van der Waals surface area (Å²) in [7, 11) is -3.66. The summed E-state index contributed by atoms with van der Waals surface area (Å²) in [5.74, 6) is 0.258. The van der Waals surface area contributed by atoms with Crippen molar-refractivity contribution in [3.8, 4) is 0 Å². The summed E-state index contributed by atoms with van der Waals surface area (Å²) in [5.41, 5.74) is 3.17. The number of sulfonamides is 1. The summed E-state index contributed by atoms with van der Waals surface area (Å²) in [6.07, 6.45) is 0. The van der Waals surface area contributed by atoms with Crippen LogP contribution in [0.3, 0.4) is 0 Å². The highest BCUT2D eigenvalue weighted by atomic mass is 32.2. The summed E-state index contributed by atoms with van der Waals surface area (Å²) >= 11 is 1.41. The molecule has 1 aliphatic heterocycles. The Morgan fingerprint density at radius 3 is 2.48 bits per heavy atom. The summed E-state index contributed by atoms with van der Waals surface area (Å²) in [5, 5.41) is 3.30. The first-order valence-corrected chi connectivity index (χ1v) is 13.5. The van der Waals surface area contributed by atoms with Gasteiger partial charge in [-0.3, -0.25) is 4.79 Å². The SMILES string of the molecule is Cc1ccc(NC(=O)C(C)Sc2nc(C)c(C)n2CC(C)C)cc1S(=O)(=O)N1CCOCC1. The Balaban J connectivity index is 1.76. The van der Waals surface area contributed by atoms with Crippen molar-refractivity contribution >= 4 is 33.4 Å². The molecule has 1 aliphatic rings. The zero-order valence-corrected chi connectivity index (χ0v) is 21.8. The van der Waals surface area contributed by atoms with Crippen LogP contribution in [0.4, 0.5) is 5.69 Å². The van der Waals surface area contributed by atoms with Crippen LogP contribution in [0.5, 0.6) is 0 Å². The average molecular weight is 495 g/mol. The Kier molecular flexibility index (Phi) is 8.26. The van der Waals surface area contributed by atoms with Gasteiger partial charge in [0.05, 0.1) is 29.1 Å². The van der Waals surface area contributed by atoms with E-state index in [1.165, 1.54) is 16.1 Å². The van der Waals surface area contributed by atoms with Crippen LogP contribution in [0, 0.1) is 26.7 Å². The topological polar surface area (TPSA) is 93.5 Å². The number of ether oxygens (including phenoxy) is 1. The molecule has 0 radical (unpaired) electrons. The molecule has 0 aliphatic carbocycles. The lowest BCUT2D eigenvalue weighted by atomic mass is 10.2. The number of morpholine rings is 1. The third-order valence-corrected chi connectivity index (χ3v) is 8.80. The van der Waals surface area contributed by atoms with Gasteiger partial charge in [-0.1, -0.05) is 31.7 Å². The normalized spacial score (nSPS) is 16.2. The number of imidazole rings is 1. The predicted molar refractivity (Wildman–Crippen MR) is 131 cm³/mol. The minimum atomic E-state index is -3.66. The van der Waals surface area contributed by atoms with E-state index in [9.17, 15) is 13.2 Å². The molecular weight excluding hydrogens is 460 g/mol. The van der Waals surface area contributed by atoms with Gasteiger partial charge in [-0.2, -0.15) is 4.31 Å². The molecule has 1 atom stereocenters. The van der Waals surface area contributed by atoms with Crippen LogP contribution in [0.2, 0.25) is 0 Å². The number of thioether (sulfide) groups is 1. The Morgan fingerprint density at radius 1 is 1.18 bits per heavy atom. The van der Waals surface area contributed by atoms with E-state index < -0.39 is 15.3 Å². The van der Waals surface area contributed by atoms with Gasteiger partial charge < -0.3 is 14.6 Å². The van der Waals surface area contributed by atoms with Crippen LogP contribution in [0.1, 0.15) is 37.7 Å². The van der Waals surface area contributed by atoms with Gasteiger partial charge in [0, 0.05) is 31.0 Å². The maximum Gasteiger partial charge on any atom is 0.243 e. The van der Waals surface area contributed by atoms with Gasteiger partial charge in [-0.05, 0) is 51.3 Å². The quantitative estimate of drug-likeness (QED) is 0.564. The highest BCUT2D eigenvalue weighted by Crippen LogP contribution is 2.28. The summed E-state index contributed by atoms with van der Waals surface area (Å²) in [6.45, 7) is 14.2. The molecule has 1 aromatic heterocycles. The van der Waals surface area contributed by atoms with Crippen molar-refractivity contribution in [2.24, 2.45) is 5.92 Å². The number of nitrogens with zero attached hydrogens (tertiary/aromatic N) is 3. The van der Waals surface area contributed by atoms with Crippen molar-refractivity contribution < 1.29 is 17.9 Å².